The smallest absolute Gasteiger partial charge is 0.237 e. The van der Waals surface area contributed by atoms with E-state index in [1.165, 1.54) is 11.8 Å². The quantitative estimate of drug-likeness (QED) is 0.548. The molecule has 0 saturated carbocycles. The summed E-state index contributed by atoms with van der Waals surface area (Å²) < 4.78 is 7.54. The van der Waals surface area contributed by atoms with E-state index in [1.54, 1.807) is 39.8 Å². The van der Waals surface area contributed by atoms with Crippen LogP contribution in [0.25, 0.3) is 0 Å². The number of carbonyl (C=O) groups excluding carboxylic acids is 2. The van der Waals surface area contributed by atoms with Crippen LogP contribution in [0.4, 0.5) is 11.4 Å². The molecular formula is C22H22ClN5O3S. The third kappa shape index (κ3) is 4.89. The lowest BCUT2D eigenvalue weighted by Gasteiger charge is -2.27. The van der Waals surface area contributed by atoms with Crippen molar-refractivity contribution in [1.29, 1.82) is 0 Å². The van der Waals surface area contributed by atoms with Gasteiger partial charge in [-0.15, -0.1) is 10.2 Å². The highest BCUT2D eigenvalue weighted by molar-refractivity contribution is 7.99. The monoisotopic (exact) mass is 471 g/mol. The van der Waals surface area contributed by atoms with Crippen LogP contribution in [0.3, 0.4) is 0 Å². The van der Waals surface area contributed by atoms with Crippen molar-refractivity contribution in [2.45, 2.75) is 31.1 Å². The molecule has 1 unspecified atom stereocenters. The van der Waals surface area contributed by atoms with Gasteiger partial charge < -0.3 is 19.5 Å². The normalized spacial score (nSPS) is 15.7. The van der Waals surface area contributed by atoms with E-state index in [4.69, 9.17) is 16.3 Å². The number of nitrogens with zero attached hydrogens (tertiary/aromatic N) is 4. The van der Waals surface area contributed by atoms with E-state index in [1.807, 2.05) is 32.2 Å². The Hall–Kier alpha value is -3.04. The number of hydrogen-bond acceptors (Lipinski definition) is 6. The zero-order valence-electron chi connectivity index (χ0n) is 17.6. The second kappa shape index (κ2) is 9.62. The molecule has 2 aromatic carbocycles. The number of aromatic nitrogens is 3. The van der Waals surface area contributed by atoms with Gasteiger partial charge in [-0.25, -0.2) is 0 Å². The maximum atomic E-state index is 13.1. The fourth-order valence-electron chi connectivity index (χ4n) is 3.44. The van der Waals surface area contributed by atoms with E-state index in [-0.39, 0.29) is 36.6 Å². The van der Waals surface area contributed by atoms with E-state index < -0.39 is 0 Å². The Morgan fingerprint density at radius 2 is 1.97 bits per heavy atom. The van der Waals surface area contributed by atoms with Gasteiger partial charge in [-0.3, -0.25) is 9.59 Å². The number of thioether (sulfide) groups is 1. The largest absolute Gasteiger partial charge is 0.486 e. The summed E-state index contributed by atoms with van der Waals surface area (Å²) in [7, 11) is 1.83. The first-order chi connectivity index (χ1) is 15.4. The van der Waals surface area contributed by atoms with Gasteiger partial charge in [-0.1, -0.05) is 35.5 Å². The lowest BCUT2D eigenvalue weighted by atomic mass is 10.2. The first-order valence-corrected chi connectivity index (χ1v) is 11.4. The Bertz CT molecular complexity index is 1130. The third-order valence-corrected chi connectivity index (χ3v) is 6.32. The first kappa shape index (κ1) is 22.2. The Balaban J connectivity index is 1.42. The summed E-state index contributed by atoms with van der Waals surface area (Å²) in [6, 6.07) is 14.2. The molecule has 0 spiro atoms. The second-order valence-corrected chi connectivity index (χ2v) is 8.75. The Morgan fingerprint density at radius 3 is 2.75 bits per heavy atom. The van der Waals surface area contributed by atoms with Gasteiger partial charge in [0.1, 0.15) is 12.4 Å². The Kier molecular flexibility index (Phi) is 6.66. The predicted octanol–water partition coefficient (Wildman–Crippen LogP) is 3.90. The molecule has 3 aromatic rings. The van der Waals surface area contributed by atoms with Crippen molar-refractivity contribution in [1.82, 2.24) is 14.8 Å². The van der Waals surface area contributed by atoms with Crippen molar-refractivity contribution in [2.24, 2.45) is 7.05 Å². The van der Waals surface area contributed by atoms with Gasteiger partial charge in [0.05, 0.1) is 17.1 Å². The van der Waals surface area contributed by atoms with Crippen molar-refractivity contribution in [3.63, 3.8) is 0 Å². The molecule has 0 saturated heterocycles. The number of para-hydroxylation sites is 2. The van der Waals surface area contributed by atoms with Crippen LogP contribution < -0.4 is 15.0 Å². The molecule has 4 rings (SSSR count). The van der Waals surface area contributed by atoms with Crippen molar-refractivity contribution < 1.29 is 14.3 Å². The highest BCUT2D eigenvalue weighted by atomic mass is 35.5. The van der Waals surface area contributed by atoms with Gasteiger partial charge in [0.25, 0.3) is 0 Å². The molecule has 1 aliphatic heterocycles. The maximum Gasteiger partial charge on any atom is 0.237 e. The molecule has 0 bridgehead atoms. The number of rotatable bonds is 6. The topological polar surface area (TPSA) is 89.3 Å². The number of fused-ring (bicyclic) bond motifs is 1. The number of halogens is 1. The standard InChI is InChI=1S/C22H22ClN5O3S/c1-14-11-20(29)24-17-5-3-4-6-18(17)28(14)21(30)13-32-22-26-25-19(27(22)2)12-31-16-9-7-15(23)8-10-16/h3-10,14H,11-13H2,1-2H3,(H,24,29). The van der Waals surface area contributed by atoms with Crippen LogP contribution in [0.2, 0.25) is 5.02 Å². The van der Waals surface area contributed by atoms with Crippen molar-refractivity contribution in [3.05, 3.63) is 59.4 Å². The molecule has 0 aliphatic carbocycles. The third-order valence-electron chi connectivity index (χ3n) is 5.06. The molecule has 32 heavy (non-hydrogen) atoms. The van der Waals surface area contributed by atoms with Gasteiger partial charge in [-0.05, 0) is 43.3 Å². The van der Waals surface area contributed by atoms with E-state index >= 15 is 0 Å². The lowest BCUT2D eigenvalue weighted by Crippen LogP contribution is -2.40. The van der Waals surface area contributed by atoms with Crippen LogP contribution in [0, 0.1) is 0 Å². The summed E-state index contributed by atoms with van der Waals surface area (Å²) in [4.78, 5) is 27.0. The average Bonchev–Trinajstić information content (AvgIpc) is 3.05. The van der Waals surface area contributed by atoms with Gasteiger partial charge >= 0.3 is 0 Å². The zero-order valence-corrected chi connectivity index (χ0v) is 19.2. The highest BCUT2D eigenvalue weighted by Gasteiger charge is 2.29. The molecule has 1 aliphatic rings. The number of nitrogens with one attached hydrogen (secondary N) is 1. The van der Waals surface area contributed by atoms with Crippen LogP contribution in [0.1, 0.15) is 19.2 Å². The van der Waals surface area contributed by atoms with Gasteiger partial charge in [0.2, 0.25) is 11.8 Å². The number of benzene rings is 2. The van der Waals surface area contributed by atoms with Crippen LogP contribution >= 0.6 is 23.4 Å². The lowest BCUT2D eigenvalue weighted by molar-refractivity contribution is -0.117. The van der Waals surface area contributed by atoms with Gasteiger partial charge in [0.15, 0.2) is 11.0 Å². The number of amides is 2. The summed E-state index contributed by atoms with van der Waals surface area (Å²) in [5, 5.41) is 12.5. The molecule has 0 fully saturated rings. The van der Waals surface area contributed by atoms with E-state index in [2.05, 4.69) is 15.5 Å². The predicted molar refractivity (Wildman–Crippen MR) is 124 cm³/mol. The number of hydrogen-bond donors (Lipinski definition) is 1. The Labute approximate surface area is 194 Å². The number of ether oxygens (including phenoxy) is 1. The second-order valence-electron chi connectivity index (χ2n) is 7.37. The SMILES string of the molecule is CC1CC(=O)Nc2ccccc2N1C(=O)CSc1nnc(COc2ccc(Cl)cc2)n1C. The molecule has 1 aromatic heterocycles. The molecule has 1 atom stereocenters. The van der Waals surface area contributed by atoms with Crippen LogP contribution in [0.5, 0.6) is 5.75 Å². The minimum absolute atomic E-state index is 0.103. The zero-order chi connectivity index (χ0) is 22.7. The van der Waals surface area contributed by atoms with Crippen LogP contribution in [-0.2, 0) is 23.2 Å². The fraction of sp³-hybridized carbons (Fsp3) is 0.273. The summed E-state index contributed by atoms with van der Waals surface area (Å²) in [5.74, 6) is 1.27. The van der Waals surface area contributed by atoms with E-state index in [9.17, 15) is 9.59 Å². The molecule has 0 radical (unpaired) electrons. The Morgan fingerprint density at radius 1 is 1.22 bits per heavy atom. The van der Waals surface area contributed by atoms with Gasteiger partial charge in [-0.2, -0.15) is 0 Å². The van der Waals surface area contributed by atoms with Crippen molar-refractivity contribution in [2.75, 3.05) is 16.0 Å². The number of carbonyl (C=O) groups is 2. The molecule has 10 heteroatoms. The molecule has 2 heterocycles. The summed E-state index contributed by atoms with van der Waals surface area (Å²) in [5.41, 5.74) is 1.34. The van der Waals surface area contributed by atoms with Gasteiger partial charge in [0, 0.05) is 24.5 Å². The van der Waals surface area contributed by atoms with Crippen LogP contribution in [-0.4, -0.2) is 38.4 Å². The van der Waals surface area contributed by atoms with Crippen LogP contribution in [0.15, 0.2) is 53.7 Å². The minimum Gasteiger partial charge on any atom is -0.486 e. The summed E-state index contributed by atoms with van der Waals surface area (Å²) in [6.45, 7) is 2.11. The molecule has 8 nitrogen and oxygen atoms in total. The minimum atomic E-state index is -0.255. The molecule has 166 valence electrons. The highest BCUT2D eigenvalue weighted by Crippen LogP contribution is 2.32. The molecular weight excluding hydrogens is 450 g/mol. The molecule has 2 amide bonds. The maximum absolute atomic E-state index is 13.1. The number of anilines is 2. The van der Waals surface area contributed by atoms with Crippen molar-refractivity contribution in [3.8, 4) is 5.75 Å². The van der Waals surface area contributed by atoms with E-state index in [0.29, 0.717) is 33.1 Å². The summed E-state index contributed by atoms with van der Waals surface area (Å²) in [6.07, 6.45) is 0.237. The fourth-order valence-corrected chi connectivity index (χ4v) is 4.35. The average molecular weight is 472 g/mol. The van der Waals surface area contributed by atoms with Crippen molar-refractivity contribution >= 4 is 46.6 Å². The summed E-state index contributed by atoms with van der Waals surface area (Å²) >= 11 is 7.19. The molecule has 1 N–H and O–H groups in total. The van der Waals surface area contributed by atoms with E-state index in [0.717, 1.165) is 0 Å². The first-order valence-electron chi connectivity index (χ1n) is 10.0.